The van der Waals surface area contributed by atoms with E-state index in [1.54, 1.807) is 25.3 Å². The standard InChI is InChI=1S/C20H19BrN4O4/c1-12-5-4-6-17(7-12)29-18-9-15(8-16(10-18)25(27)28)22-20(26)14(3)24-11-19(21)13(2)23-24/h4-11,14H,1-3H3,(H,22,26). The third kappa shape index (κ3) is 5.00. The molecule has 0 saturated carbocycles. The molecule has 1 heterocycles. The number of non-ortho nitro benzene ring substituents is 1. The number of carbonyl (C=O) groups excluding carboxylic acids is 1. The number of nitro benzene ring substituents is 1. The van der Waals surface area contributed by atoms with Crippen LogP contribution >= 0.6 is 15.9 Å². The Morgan fingerprint density at radius 1 is 1.24 bits per heavy atom. The second-order valence-corrected chi connectivity index (χ2v) is 7.45. The van der Waals surface area contributed by atoms with E-state index in [-0.39, 0.29) is 23.0 Å². The van der Waals surface area contributed by atoms with Crippen molar-refractivity contribution < 1.29 is 14.5 Å². The lowest BCUT2D eigenvalue weighted by Crippen LogP contribution is -2.24. The summed E-state index contributed by atoms with van der Waals surface area (Å²) in [5.41, 5.74) is 1.84. The van der Waals surface area contributed by atoms with Gasteiger partial charge in [-0.25, -0.2) is 0 Å². The Balaban J connectivity index is 1.85. The van der Waals surface area contributed by atoms with Crippen molar-refractivity contribution in [2.24, 2.45) is 0 Å². The predicted octanol–water partition coefficient (Wildman–Crippen LogP) is 5.16. The molecule has 29 heavy (non-hydrogen) atoms. The van der Waals surface area contributed by atoms with E-state index in [1.807, 2.05) is 32.0 Å². The van der Waals surface area contributed by atoms with Crippen LogP contribution in [-0.4, -0.2) is 20.6 Å². The molecule has 3 aromatic rings. The van der Waals surface area contributed by atoms with Gasteiger partial charge in [-0.15, -0.1) is 0 Å². The van der Waals surface area contributed by atoms with Crippen LogP contribution in [0.25, 0.3) is 0 Å². The monoisotopic (exact) mass is 458 g/mol. The molecular formula is C20H19BrN4O4. The first-order valence-electron chi connectivity index (χ1n) is 8.79. The third-order valence-corrected chi connectivity index (χ3v) is 5.01. The molecule has 9 heteroatoms. The molecule has 0 aliphatic heterocycles. The molecule has 0 radical (unpaired) electrons. The summed E-state index contributed by atoms with van der Waals surface area (Å²) in [6.07, 6.45) is 1.71. The average molecular weight is 459 g/mol. The van der Waals surface area contributed by atoms with E-state index in [9.17, 15) is 14.9 Å². The quantitative estimate of drug-likeness (QED) is 0.405. The molecule has 1 unspecified atom stereocenters. The molecule has 1 N–H and O–H groups in total. The minimum Gasteiger partial charge on any atom is -0.457 e. The molecule has 1 aromatic heterocycles. The number of nitro groups is 1. The van der Waals surface area contributed by atoms with Crippen molar-refractivity contribution in [3.05, 3.63) is 74.5 Å². The fourth-order valence-corrected chi connectivity index (χ4v) is 2.95. The number of benzene rings is 2. The topological polar surface area (TPSA) is 99.3 Å². The largest absolute Gasteiger partial charge is 0.457 e. The van der Waals surface area contributed by atoms with Crippen LogP contribution in [0.2, 0.25) is 0 Å². The number of nitrogens with zero attached hydrogens (tertiary/aromatic N) is 3. The van der Waals surface area contributed by atoms with Crippen LogP contribution in [0.5, 0.6) is 11.5 Å². The number of amides is 1. The van der Waals surface area contributed by atoms with Crippen LogP contribution in [0.15, 0.2) is 53.1 Å². The van der Waals surface area contributed by atoms with Crippen molar-refractivity contribution in [3.63, 3.8) is 0 Å². The minimum atomic E-state index is -0.611. The van der Waals surface area contributed by atoms with E-state index in [0.717, 1.165) is 15.7 Å². The van der Waals surface area contributed by atoms with Crippen LogP contribution in [0.1, 0.15) is 24.2 Å². The molecule has 1 atom stereocenters. The van der Waals surface area contributed by atoms with Crippen molar-refractivity contribution >= 4 is 33.2 Å². The maximum atomic E-state index is 12.6. The molecule has 0 fully saturated rings. The van der Waals surface area contributed by atoms with Crippen LogP contribution in [0.4, 0.5) is 11.4 Å². The minimum absolute atomic E-state index is 0.184. The Kier molecular flexibility index (Phi) is 5.97. The van der Waals surface area contributed by atoms with Gasteiger partial charge in [0, 0.05) is 18.3 Å². The highest BCUT2D eigenvalue weighted by atomic mass is 79.9. The second kappa shape index (κ2) is 8.44. The Hall–Kier alpha value is -3.20. The fourth-order valence-electron chi connectivity index (χ4n) is 2.66. The van der Waals surface area contributed by atoms with Gasteiger partial charge in [0.05, 0.1) is 26.8 Å². The first-order valence-corrected chi connectivity index (χ1v) is 9.58. The summed E-state index contributed by atoms with van der Waals surface area (Å²) < 4.78 is 8.07. The zero-order chi connectivity index (χ0) is 21.1. The van der Waals surface area contributed by atoms with E-state index in [2.05, 4.69) is 26.3 Å². The smallest absolute Gasteiger partial charge is 0.275 e. The first kappa shape index (κ1) is 20.5. The van der Waals surface area contributed by atoms with E-state index in [4.69, 9.17) is 4.74 Å². The summed E-state index contributed by atoms with van der Waals surface area (Å²) in [7, 11) is 0. The SMILES string of the molecule is Cc1cccc(Oc2cc(NC(=O)C(C)n3cc(Br)c(C)n3)cc([N+](=O)[O-])c2)c1. The fraction of sp³-hybridized carbons (Fsp3) is 0.200. The van der Waals surface area contributed by atoms with Gasteiger partial charge in [-0.1, -0.05) is 12.1 Å². The summed E-state index contributed by atoms with van der Waals surface area (Å²) in [6, 6.07) is 10.9. The molecule has 2 aromatic carbocycles. The highest BCUT2D eigenvalue weighted by Gasteiger charge is 2.19. The number of carbonyl (C=O) groups is 1. The zero-order valence-corrected chi connectivity index (χ0v) is 17.6. The number of hydrogen-bond donors (Lipinski definition) is 1. The number of hydrogen-bond acceptors (Lipinski definition) is 5. The first-order chi connectivity index (χ1) is 13.7. The number of aryl methyl sites for hydroxylation is 2. The zero-order valence-electron chi connectivity index (χ0n) is 16.0. The summed E-state index contributed by atoms with van der Waals surface area (Å²) in [4.78, 5) is 23.4. The predicted molar refractivity (Wildman–Crippen MR) is 112 cm³/mol. The van der Waals surface area contributed by atoms with E-state index < -0.39 is 11.0 Å². The van der Waals surface area contributed by atoms with Gasteiger partial charge in [0.25, 0.3) is 5.69 Å². The van der Waals surface area contributed by atoms with Crippen LogP contribution < -0.4 is 10.1 Å². The molecular weight excluding hydrogens is 440 g/mol. The number of rotatable bonds is 6. The maximum Gasteiger partial charge on any atom is 0.275 e. The Labute approximate surface area is 175 Å². The molecule has 0 aliphatic carbocycles. The normalized spacial score (nSPS) is 11.7. The Morgan fingerprint density at radius 2 is 2.00 bits per heavy atom. The molecule has 0 aliphatic rings. The van der Waals surface area contributed by atoms with Gasteiger partial charge in [0.1, 0.15) is 17.5 Å². The summed E-state index contributed by atoms with van der Waals surface area (Å²) in [6.45, 7) is 5.43. The number of aromatic nitrogens is 2. The van der Waals surface area contributed by atoms with Crippen molar-refractivity contribution in [1.29, 1.82) is 0 Å². The summed E-state index contributed by atoms with van der Waals surface area (Å²) >= 11 is 3.37. The molecule has 8 nitrogen and oxygen atoms in total. The number of halogens is 1. The van der Waals surface area contributed by atoms with Crippen molar-refractivity contribution in [2.45, 2.75) is 26.8 Å². The molecule has 150 valence electrons. The Morgan fingerprint density at radius 3 is 2.62 bits per heavy atom. The lowest BCUT2D eigenvalue weighted by Gasteiger charge is -2.14. The van der Waals surface area contributed by atoms with Gasteiger partial charge in [-0.3, -0.25) is 19.6 Å². The number of ether oxygens (including phenoxy) is 1. The molecule has 0 saturated heterocycles. The van der Waals surface area contributed by atoms with Crippen molar-refractivity contribution in [1.82, 2.24) is 9.78 Å². The van der Waals surface area contributed by atoms with Gasteiger partial charge in [0.2, 0.25) is 5.91 Å². The van der Waals surface area contributed by atoms with Gasteiger partial charge in [0.15, 0.2) is 0 Å². The Bertz CT molecular complexity index is 1060. The molecule has 0 bridgehead atoms. The molecule has 3 rings (SSSR count). The lowest BCUT2D eigenvalue weighted by molar-refractivity contribution is -0.384. The third-order valence-electron chi connectivity index (χ3n) is 4.23. The van der Waals surface area contributed by atoms with Gasteiger partial charge >= 0.3 is 0 Å². The summed E-state index contributed by atoms with van der Waals surface area (Å²) in [5, 5.41) is 18.3. The summed E-state index contributed by atoms with van der Waals surface area (Å²) in [5.74, 6) is 0.445. The van der Waals surface area contributed by atoms with E-state index in [1.165, 1.54) is 16.8 Å². The van der Waals surface area contributed by atoms with Crippen molar-refractivity contribution in [3.8, 4) is 11.5 Å². The molecule has 0 spiro atoms. The average Bonchev–Trinajstić information content (AvgIpc) is 2.99. The van der Waals surface area contributed by atoms with Gasteiger partial charge in [-0.2, -0.15) is 5.10 Å². The van der Waals surface area contributed by atoms with E-state index in [0.29, 0.717) is 5.75 Å². The lowest BCUT2D eigenvalue weighted by atomic mass is 10.2. The van der Waals surface area contributed by atoms with E-state index >= 15 is 0 Å². The van der Waals surface area contributed by atoms with Crippen LogP contribution in [0, 0.1) is 24.0 Å². The highest BCUT2D eigenvalue weighted by molar-refractivity contribution is 9.10. The van der Waals surface area contributed by atoms with Crippen LogP contribution in [0.3, 0.4) is 0 Å². The second-order valence-electron chi connectivity index (χ2n) is 6.60. The number of anilines is 1. The maximum absolute atomic E-state index is 12.6. The highest BCUT2D eigenvalue weighted by Crippen LogP contribution is 2.30. The molecule has 1 amide bonds. The number of nitrogens with one attached hydrogen (secondary N) is 1. The van der Waals surface area contributed by atoms with Crippen LogP contribution in [-0.2, 0) is 4.79 Å². The van der Waals surface area contributed by atoms with Crippen molar-refractivity contribution in [2.75, 3.05) is 5.32 Å². The van der Waals surface area contributed by atoms with Gasteiger partial charge < -0.3 is 10.1 Å². The van der Waals surface area contributed by atoms with Gasteiger partial charge in [-0.05, 0) is 54.4 Å².